The fraction of sp³-hybridized carbons (Fsp3) is 0.0732. The van der Waals surface area contributed by atoms with Gasteiger partial charge in [-0.15, -0.1) is 0 Å². The van der Waals surface area contributed by atoms with Crippen molar-refractivity contribution in [1.82, 2.24) is 9.13 Å². The van der Waals surface area contributed by atoms with Crippen molar-refractivity contribution in [3.8, 4) is 34.6 Å². The van der Waals surface area contributed by atoms with Crippen LogP contribution in [0.25, 0.3) is 66.1 Å². The first-order chi connectivity index (χ1) is 22.0. The highest BCUT2D eigenvalue weighted by Gasteiger charge is 2.38. The molecule has 2 heterocycles. The van der Waals surface area contributed by atoms with Gasteiger partial charge in [-0.25, -0.2) is 0 Å². The van der Waals surface area contributed by atoms with Crippen molar-refractivity contribution < 1.29 is 0 Å². The second-order valence-electron chi connectivity index (χ2n) is 12.4. The third-order valence-electron chi connectivity index (χ3n) is 9.72. The molecule has 0 bridgehead atoms. The largest absolute Gasteiger partial charge is 0.309 e. The number of hydrogen-bond acceptors (Lipinski definition) is 2. The normalized spacial score (nSPS) is 13.2. The molecule has 1 aliphatic carbocycles. The van der Waals surface area contributed by atoms with Gasteiger partial charge in [0.05, 0.1) is 45.3 Å². The zero-order valence-electron chi connectivity index (χ0n) is 24.8. The average Bonchev–Trinajstić information content (AvgIpc) is 3.67. The Labute approximate surface area is 260 Å². The number of nitriles is 2. The maximum atomic E-state index is 9.65. The van der Waals surface area contributed by atoms with Crippen molar-refractivity contribution in [2.75, 3.05) is 0 Å². The molecule has 0 fully saturated rings. The Morgan fingerprint density at radius 1 is 0.511 bits per heavy atom. The maximum Gasteiger partial charge on any atom is 0.0991 e. The highest BCUT2D eigenvalue weighted by atomic mass is 15.0. The van der Waals surface area contributed by atoms with Crippen molar-refractivity contribution in [2.24, 2.45) is 0 Å². The summed E-state index contributed by atoms with van der Waals surface area (Å²) in [4.78, 5) is 0. The lowest BCUT2D eigenvalue weighted by molar-refractivity contribution is 0.666. The molecule has 4 heteroatoms. The standard InChI is InChI=1S/C41H26N4/c1-41(2)34-17-14-25(23-42)20-32(34)30-16-19-38-39(40(30)41)31-11-4-6-13-36(31)45(38)28-9-7-8-27(22-28)44-35-12-5-3-10-29(35)33-21-26(24-43)15-18-37(33)44/h3-22H,1-2H3. The van der Waals surface area contributed by atoms with E-state index in [1.54, 1.807) is 0 Å². The summed E-state index contributed by atoms with van der Waals surface area (Å²) in [6, 6.07) is 47.0. The number of fused-ring (bicyclic) bond motifs is 10. The van der Waals surface area contributed by atoms with Crippen LogP contribution in [-0.2, 0) is 5.41 Å². The molecule has 0 N–H and O–H groups in total. The molecule has 0 atom stereocenters. The van der Waals surface area contributed by atoms with E-state index in [1.807, 2.05) is 24.3 Å². The van der Waals surface area contributed by atoms with Gasteiger partial charge in [-0.3, -0.25) is 0 Å². The third-order valence-corrected chi connectivity index (χ3v) is 9.72. The minimum absolute atomic E-state index is 0.222. The van der Waals surface area contributed by atoms with Crippen molar-refractivity contribution in [1.29, 1.82) is 10.5 Å². The van der Waals surface area contributed by atoms with E-state index in [-0.39, 0.29) is 5.41 Å². The fourth-order valence-electron chi connectivity index (χ4n) is 7.82. The molecule has 0 saturated carbocycles. The van der Waals surface area contributed by atoms with Crippen LogP contribution in [0.2, 0.25) is 0 Å². The Balaban J connectivity index is 1.33. The molecule has 1 aliphatic rings. The molecular weight excluding hydrogens is 548 g/mol. The van der Waals surface area contributed by atoms with E-state index >= 15 is 0 Å². The summed E-state index contributed by atoms with van der Waals surface area (Å²) in [7, 11) is 0. The van der Waals surface area contributed by atoms with Crippen molar-refractivity contribution in [2.45, 2.75) is 19.3 Å². The summed E-state index contributed by atoms with van der Waals surface area (Å²) in [5, 5.41) is 23.9. The van der Waals surface area contributed by atoms with Gasteiger partial charge in [-0.05, 0) is 89.0 Å². The highest BCUT2D eigenvalue weighted by Crippen LogP contribution is 2.53. The number of hydrogen-bond donors (Lipinski definition) is 0. The van der Waals surface area contributed by atoms with Crippen LogP contribution >= 0.6 is 0 Å². The lowest BCUT2D eigenvalue weighted by Crippen LogP contribution is -2.15. The molecule has 45 heavy (non-hydrogen) atoms. The molecule has 9 rings (SSSR count). The number of para-hydroxylation sites is 2. The lowest BCUT2D eigenvalue weighted by Gasteiger charge is -2.22. The predicted octanol–water partition coefficient (Wildman–Crippen LogP) is 9.93. The number of benzene rings is 6. The van der Waals surface area contributed by atoms with Gasteiger partial charge in [-0.2, -0.15) is 10.5 Å². The van der Waals surface area contributed by atoms with Gasteiger partial charge < -0.3 is 9.13 Å². The number of aromatic nitrogens is 2. The van der Waals surface area contributed by atoms with E-state index in [0.717, 1.165) is 49.8 Å². The molecule has 210 valence electrons. The fourth-order valence-corrected chi connectivity index (χ4v) is 7.82. The van der Waals surface area contributed by atoms with Crippen LogP contribution in [0.15, 0.2) is 121 Å². The van der Waals surface area contributed by atoms with Gasteiger partial charge in [0.1, 0.15) is 0 Å². The van der Waals surface area contributed by atoms with E-state index < -0.39 is 0 Å². The van der Waals surface area contributed by atoms with Crippen LogP contribution < -0.4 is 0 Å². The molecule has 2 aromatic heterocycles. The first-order valence-corrected chi connectivity index (χ1v) is 15.2. The SMILES string of the molecule is CC1(C)c2ccc(C#N)cc2-c2ccc3c(c21)c1ccccc1n3-c1cccc(-n2c3ccccc3c3cc(C#N)ccc32)c1. The molecule has 8 aromatic rings. The summed E-state index contributed by atoms with van der Waals surface area (Å²) >= 11 is 0. The quantitative estimate of drug-likeness (QED) is 0.206. The molecule has 0 spiro atoms. The first-order valence-electron chi connectivity index (χ1n) is 15.2. The number of rotatable bonds is 2. The smallest absolute Gasteiger partial charge is 0.0991 e. The van der Waals surface area contributed by atoms with Gasteiger partial charge >= 0.3 is 0 Å². The van der Waals surface area contributed by atoms with E-state index in [0.29, 0.717) is 11.1 Å². The van der Waals surface area contributed by atoms with Crippen molar-refractivity contribution >= 4 is 43.6 Å². The first kappa shape index (κ1) is 25.4. The molecular formula is C41H26N4. The van der Waals surface area contributed by atoms with Crippen LogP contribution in [0.5, 0.6) is 0 Å². The second kappa shape index (κ2) is 8.96. The minimum Gasteiger partial charge on any atom is -0.309 e. The Hall–Kier alpha value is -6.10. The van der Waals surface area contributed by atoms with Crippen molar-refractivity contribution in [3.05, 3.63) is 144 Å². The van der Waals surface area contributed by atoms with E-state index in [9.17, 15) is 10.5 Å². The predicted molar refractivity (Wildman–Crippen MR) is 182 cm³/mol. The molecule has 0 amide bonds. The molecule has 4 nitrogen and oxygen atoms in total. The van der Waals surface area contributed by atoms with Gasteiger partial charge in [0, 0.05) is 38.3 Å². The van der Waals surface area contributed by atoms with Crippen LogP contribution in [0, 0.1) is 22.7 Å². The van der Waals surface area contributed by atoms with Gasteiger partial charge in [0.15, 0.2) is 0 Å². The monoisotopic (exact) mass is 574 g/mol. The van der Waals surface area contributed by atoms with E-state index in [4.69, 9.17) is 0 Å². The topological polar surface area (TPSA) is 57.4 Å². The Morgan fingerprint density at radius 2 is 1.11 bits per heavy atom. The van der Waals surface area contributed by atoms with E-state index in [2.05, 4.69) is 132 Å². The third kappa shape index (κ3) is 3.34. The summed E-state index contributed by atoms with van der Waals surface area (Å²) in [6.45, 7) is 4.60. The molecule has 0 unspecified atom stereocenters. The summed E-state index contributed by atoms with van der Waals surface area (Å²) in [6.07, 6.45) is 0. The zero-order chi connectivity index (χ0) is 30.4. The minimum atomic E-state index is -0.222. The van der Waals surface area contributed by atoms with Crippen molar-refractivity contribution in [3.63, 3.8) is 0 Å². The van der Waals surface area contributed by atoms with Crippen LogP contribution in [-0.4, -0.2) is 9.13 Å². The van der Waals surface area contributed by atoms with Gasteiger partial charge in [0.25, 0.3) is 0 Å². The summed E-state index contributed by atoms with van der Waals surface area (Å²) < 4.78 is 4.68. The number of nitrogens with zero attached hydrogens (tertiary/aromatic N) is 4. The summed E-state index contributed by atoms with van der Waals surface area (Å²) in [5.41, 5.74) is 12.7. The second-order valence-corrected chi connectivity index (χ2v) is 12.4. The summed E-state index contributed by atoms with van der Waals surface area (Å²) in [5.74, 6) is 0. The van der Waals surface area contributed by atoms with Crippen LogP contribution in [0.1, 0.15) is 36.1 Å². The molecule has 6 aromatic carbocycles. The van der Waals surface area contributed by atoms with Crippen LogP contribution in [0.3, 0.4) is 0 Å². The van der Waals surface area contributed by atoms with Crippen LogP contribution in [0.4, 0.5) is 0 Å². The molecule has 0 aliphatic heterocycles. The van der Waals surface area contributed by atoms with Gasteiger partial charge in [0.2, 0.25) is 0 Å². The highest BCUT2D eigenvalue weighted by molar-refractivity contribution is 6.14. The lowest BCUT2D eigenvalue weighted by atomic mass is 9.80. The Bertz CT molecular complexity index is 2650. The maximum absolute atomic E-state index is 9.65. The Morgan fingerprint density at radius 3 is 1.87 bits per heavy atom. The molecule has 0 radical (unpaired) electrons. The Kier molecular flexibility index (Phi) is 5.06. The zero-order valence-corrected chi connectivity index (χ0v) is 24.8. The van der Waals surface area contributed by atoms with Gasteiger partial charge in [-0.1, -0.05) is 68.4 Å². The van der Waals surface area contributed by atoms with E-state index in [1.165, 1.54) is 27.5 Å². The molecule has 0 saturated heterocycles. The average molecular weight is 575 g/mol.